The van der Waals surface area contributed by atoms with E-state index in [2.05, 4.69) is 9.71 Å². The lowest BCUT2D eigenvalue weighted by Crippen LogP contribution is -2.12. The molecule has 0 aliphatic rings. The Morgan fingerprint density at radius 2 is 1.68 bits per heavy atom. The van der Waals surface area contributed by atoms with Gasteiger partial charge in [0, 0.05) is 0 Å². The first-order valence-corrected chi connectivity index (χ1v) is 8.82. The second kappa shape index (κ2) is 5.33. The monoisotopic (exact) mass is 336 g/mol. The molecule has 0 saturated heterocycles. The van der Waals surface area contributed by atoms with Crippen molar-refractivity contribution >= 4 is 36.7 Å². The summed E-state index contributed by atoms with van der Waals surface area (Å²) in [5.74, 6) is -0.481. The summed E-state index contributed by atoms with van der Waals surface area (Å²) in [7, 11) is -3.77. The van der Waals surface area contributed by atoms with Gasteiger partial charge in [0.25, 0.3) is 10.0 Å². The predicted octanol–water partition coefficient (Wildman–Crippen LogP) is 3.85. The van der Waals surface area contributed by atoms with Crippen LogP contribution in [0, 0.1) is 19.7 Å². The van der Waals surface area contributed by atoms with Crippen LogP contribution in [-0.2, 0) is 10.0 Å². The number of aryl methyl sites for hydroxylation is 2. The Hall–Kier alpha value is -1.99. The first kappa shape index (κ1) is 14.9. The Kier molecular flexibility index (Phi) is 3.62. The maximum Gasteiger partial charge on any atom is 0.263 e. The molecule has 0 aliphatic carbocycles. The minimum atomic E-state index is -3.77. The quantitative estimate of drug-likeness (QED) is 0.790. The molecule has 0 bridgehead atoms. The number of nitrogens with zero attached hydrogens (tertiary/aromatic N) is 1. The van der Waals surface area contributed by atoms with Crippen LogP contribution in [0.5, 0.6) is 0 Å². The summed E-state index contributed by atoms with van der Waals surface area (Å²) in [5, 5.41) is 0.303. The van der Waals surface area contributed by atoms with E-state index in [1.54, 1.807) is 0 Å². The fourth-order valence-corrected chi connectivity index (χ4v) is 4.34. The van der Waals surface area contributed by atoms with Gasteiger partial charge >= 0.3 is 0 Å². The van der Waals surface area contributed by atoms with Crippen molar-refractivity contribution in [1.29, 1.82) is 0 Å². The van der Waals surface area contributed by atoms with E-state index in [4.69, 9.17) is 0 Å². The topological polar surface area (TPSA) is 59.1 Å². The molecule has 0 aliphatic heterocycles. The normalized spacial score (nSPS) is 11.8. The third-order valence-electron chi connectivity index (χ3n) is 3.29. The standard InChI is InChI=1S/C15H13FN2O2S2/c1-9-3-4-10(2)14-13(9)17-15(21-14)18-22(19,20)12-7-5-11(16)6-8-12/h3-8H,1-2H3,(H,17,18). The molecule has 3 rings (SSSR count). The van der Waals surface area contributed by atoms with Crippen molar-refractivity contribution in [2.45, 2.75) is 18.7 Å². The number of fused-ring (bicyclic) bond motifs is 1. The molecule has 0 atom stereocenters. The number of sulfonamides is 1. The zero-order valence-electron chi connectivity index (χ0n) is 11.9. The molecule has 0 amide bonds. The van der Waals surface area contributed by atoms with Crippen molar-refractivity contribution in [3.63, 3.8) is 0 Å². The molecule has 22 heavy (non-hydrogen) atoms. The maximum atomic E-state index is 12.9. The highest BCUT2D eigenvalue weighted by Gasteiger charge is 2.17. The highest BCUT2D eigenvalue weighted by atomic mass is 32.2. The number of aromatic nitrogens is 1. The van der Waals surface area contributed by atoms with E-state index >= 15 is 0 Å². The Labute approximate surface area is 131 Å². The molecule has 1 heterocycles. The van der Waals surface area contributed by atoms with Crippen LogP contribution >= 0.6 is 11.3 Å². The molecule has 1 N–H and O–H groups in total. The largest absolute Gasteiger partial charge is 0.263 e. The molecule has 0 radical (unpaired) electrons. The van der Waals surface area contributed by atoms with E-state index in [9.17, 15) is 12.8 Å². The van der Waals surface area contributed by atoms with Gasteiger partial charge in [0.05, 0.1) is 15.1 Å². The number of anilines is 1. The fourth-order valence-electron chi connectivity index (χ4n) is 2.09. The number of nitrogens with one attached hydrogen (secondary N) is 1. The molecular formula is C15H13FN2O2S2. The predicted molar refractivity (Wildman–Crippen MR) is 86.3 cm³/mol. The summed E-state index contributed by atoms with van der Waals surface area (Å²) in [6, 6.07) is 8.61. The van der Waals surface area contributed by atoms with Crippen LogP contribution in [-0.4, -0.2) is 13.4 Å². The van der Waals surface area contributed by atoms with Gasteiger partial charge < -0.3 is 0 Å². The van der Waals surface area contributed by atoms with Crippen LogP contribution in [0.2, 0.25) is 0 Å². The molecule has 0 spiro atoms. The van der Waals surface area contributed by atoms with Crippen molar-refractivity contribution < 1.29 is 12.8 Å². The maximum absolute atomic E-state index is 12.9. The highest BCUT2D eigenvalue weighted by Crippen LogP contribution is 2.32. The van der Waals surface area contributed by atoms with Crippen molar-refractivity contribution in [2.24, 2.45) is 0 Å². The van der Waals surface area contributed by atoms with Crippen LogP contribution in [0.3, 0.4) is 0 Å². The van der Waals surface area contributed by atoms with Gasteiger partial charge in [-0.25, -0.2) is 17.8 Å². The van der Waals surface area contributed by atoms with Crippen molar-refractivity contribution in [1.82, 2.24) is 4.98 Å². The summed E-state index contributed by atoms with van der Waals surface area (Å²) < 4.78 is 40.9. The Morgan fingerprint density at radius 3 is 2.32 bits per heavy atom. The SMILES string of the molecule is Cc1ccc(C)c2sc(NS(=O)(=O)c3ccc(F)cc3)nc12. The van der Waals surface area contributed by atoms with Gasteiger partial charge in [0.2, 0.25) is 0 Å². The average molecular weight is 336 g/mol. The van der Waals surface area contributed by atoms with Gasteiger partial charge in [-0.3, -0.25) is 4.72 Å². The lowest BCUT2D eigenvalue weighted by molar-refractivity contribution is 0.599. The van der Waals surface area contributed by atoms with Crippen LogP contribution < -0.4 is 4.72 Å². The number of hydrogen-bond donors (Lipinski definition) is 1. The van der Waals surface area contributed by atoms with Gasteiger partial charge in [-0.2, -0.15) is 0 Å². The summed E-state index contributed by atoms with van der Waals surface area (Å²) in [5.41, 5.74) is 2.83. The van der Waals surface area contributed by atoms with E-state index < -0.39 is 15.8 Å². The lowest BCUT2D eigenvalue weighted by atomic mass is 10.1. The number of thiazole rings is 1. The third-order valence-corrected chi connectivity index (χ3v) is 5.88. The summed E-state index contributed by atoms with van der Waals surface area (Å²) in [6.45, 7) is 3.89. The zero-order chi connectivity index (χ0) is 15.9. The molecule has 4 nitrogen and oxygen atoms in total. The lowest BCUT2D eigenvalue weighted by Gasteiger charge is -2.04. The number of hydrogen-bond acceptors (Lipinski definition) is 4. The molecule has 3 aromatic rings. The van der Waals surface area contributed by atoms with E-state index in [1.165, 1.54) is 23.5 Å². The smallest absolute Gasteiger partial charge is 0.255 e. The Balaban J connectivity index is 2.00. The van der Waals surface area contributed by atoms with Crippen LogP contribution in [0.4, 0.5) is 9.52 Å². The third kappa shape index (κ3) is 2.69. The van der Waals surface area contributed by atoms with E-state index in [0.29, 0.717) is 5.13 Å². The average Bonchev–Trinajstić information content (AvgIpc) is 2.88. The number of halogens is 1. The minimum Gasteiger partial charge on any atom is -0.255 e. The van der Waals surface area contributed by atoms with Crippen molar-refractivity contribution in [3.8, 4) is 0 Å². The van der Waals surface area contributed by atoms with Crippen LogP contribution in [0.1, 0.15) is 11.1 Å². The summed E-state index contributed by atoms with van der Waals surface area (Å²) in [6.07, 6.45) is 0. The summed E-state index contributed by atoms with van der Waals surface area (Å²) >= 11 is 1.29. The zero-order valence-corrected chi connectivity index (χ0v) is 13.6. The number of rotatable bonds is 3. The van der Waals surface area contributed by atoms with Crippen molar-refractivity contribution in [2.75, 3.05) is 4.72 Å². The van der Waals surface area contributed by atoms with Gasteiger partial charge in [0.1, 0.15) is 5.82 Å². The first-order valence-electron chi connectivity index (χ1n) is 6.52. The van der Waals surface area contributed by atoms with Gasteiger partial charge in [-0.05, 0) is 49.2 Å². The van der Waals surface area contributed by atoms with Crippen LogP contribution in [0.25, 0.3) is 10.2 Å². The van der Waals surface area contributed by atoms with E-state index in [-0.39, 0.29) is 4.90 Å². The molecule has 0 fully saturated rings. The van der Waals surface area contributed by atoms with Crippen LogP contribution in [0.15, 0.2) is 41.3 Å². The van der Waals surface area contributed by atoms with Gasteiger partial charge in [-0.1, -0.05) is 23.5 Å². The Morgan fingerprint density at radius 1 is 1.05 bits per heavy atom. The van der Waals surface area contributed by atoms with Gasteiger partial charge in [0.15, 0.2) is 5.13 Å². The Bertz CT molecular complexity index is 909. The molecular weight excluding hydrogens is 323 g/mol. The first-order chi connectivity index (χ1) is 10.4. The highest BCUT2D eigenvalue weighted by molar-refractivity contribution is 7.93. The minimum absolute atomic E-state index is 0.00148. The molecule has 2 aromatic carbocycles. The molecule has 1 aromatic heterocycles. The van der Waals surface area contributed by atoms with E-state index in [1.807, 2.05) is 26.0 Å². The number of benzene rings is 2. The van der Waals surface area contributed by atoms with E-state index in [0.717, 1.165) is 33.5 Å². The summed E-state index contributed by atoms with van der Waals surface area (Å²) in [4.78, 5) is 4.36. The second-order valence-electron chi connectivity index (χ2n) is 4.96. The van der Waals surface area contributed by atoms with Gasteiger partial charge in [-0.15, -0.1) is 0 Å². The molecule has 114 valence electrons. The molecule has 0 unspecified atom stereocenters. The molecule has 7 heteroatoms. The molecule has 0 saturated carbocycles. The second-order valence-corrected chi connectivity index (χ2v) is 7.64. The van der Waals surface area contributed by atoms with Crippen molar-refractivity contribution in [3.05, 3.63) is 53.3 Å². The fraction of sp³-hybridized carbons (Fsp3) is 0.133.